The van der Waals surface area contributed by atoms with Gasteiger partial charge in [0.1, 0.15) is 5.82 Å². The van der Waals surface area contributed by atoms with Crippen LogP contribution in [-0.2, 0) is 0 Å². The molecule has 0 amide bonds. The lowest BCUT2D eigenvalue weighted by Crippen LogP contribution is -1.84. The molecule has 0 atom stereocenters. The molecule has 0 aliphatic rings. The van der Waals surface area contributed by atoms with E-state index in [0.29, 0.717) is 4.90 Å². The van der Waals surface area contributed by atoms with E-state index in [0.717, 1.165) is 11.3 Å². The maximum Gasteiger partial charge on any atom is 0.124 e. The number of rotatable bonds is 1. The molecule has 0 unspecified atom stereocenters. The fourth-order valence-corrected chi connectivity index (χ4v) is 1.56. The van der Waals surface area contributed by atoms with Crippen molar-refractivity contribution >= 4 is 12.6 Å². The molecule has 0 fully saturated rings. The smallest absolute Gasteiger partial charge is 0.124 e. The Labute approximate surface area is 87.0 Å². The molecule has 0 bridgehead atoms. The Bertz CT molecular complexity index is 442. The summed E-state index contributed by atoms with van der Waals surface area (Å²) in [6.45, 7) is 0. The summed E-state index contributed by atoms with van der Waals surface area (Å²) in [7, 11) is 0. The molecule has 0 spiro atoms. The van der Waals surface area contributed by atoms with Crippen LogP contribution < -0.4 is 0 Å². The van der Waals surface area contributed by atoms with E-state index in [2.05, 4.69) is 17.6 Å². The second kappa shape index (κ2) is 3.80. The van der Waals surface area contributed by atoms with Crippen LogP contribution in [-0.4, -0.2) is 4.98 Å². The first-order chi connectivity index (χ1) is 6.77. The highest BCUT2D eigenvalue weighted by molar-refractivity contribution is 7.80. The van der Waals surface area contributed by atoms with Crippen molar-refractivity contribution in [1.29, 1.82) is 0 Å². The zero-order chi connectivity index (χ0) is 9.97. The minimum Gasteiger partial charge on any atom is -0.256 e. The van der Waals surface area contributed by atoms with Crippen LogP contribution in [0.3, 0.4) is 0 Å². The third-order valence-electron chi connectivity index (χ3n) is 1.90. The normalized spacial score (nSPS) is 10.1. The molecule has 1 aromatic heterocycles. The lowest BCUT2D eigenvalue weighted by molar-refractivity contribution is 0.624. The molecule has 14 heavy (non-hydrogen) atoms. The van der Waals surface area contributed by atoms with Gasteiger partial charge in [-0.1, -0.05) is 6.07 Å². The minimum atomic E-state index is -0.283. The van der Waals surface area contributed by atoms with Crippen molar-refractivity contribution in [2.75, 3.05) is 0 Å². The van der Waals surface area contributed by atoms with Gasteiger partial charge in [-0.05, 0) is 30.3 Å². The number of pyridine rings is 1. The average Bonchev–Trinajstić information content (AvgIpc) is 2.19. The maximum atomic E-state index is 12.8. The lowest BCUT2D eigenvalue weighted by Gasteiger charge is -2.03. The highest BCUT2D eigenvalue weighted by Crippen LogP contribution is 2.24. The topological polar surface area (TPSA) is 12.9 Å². The van der Waals surface area contributed by atoms with Gasteiger partial charge in [-0.2, -0.15) is 0 Å². The van der Waals surface area contributed by atoms with Crippen molar-refractivity contribution in [3.05, 3.63) is 48.4 Å². The highest BCUT2D eigenvalue weighted by atomic mass is 32.1. The Morgan fingerprint density at radius 1 is 1.14 bits per heavy atom. The second-order valence-electron chi connectivity index (χ2n) is 2.88. The molecular formula is C11H8FNS. The summed E-state index contributed by atoms with van der Waals surface area (Å²) in [5.41, 5.74) is 1.65. The molecule has 1 aromatic carbocycles. The molecule has 1 heterocycles. The summed E-state index contributed by atoms with van der Waals surface area (Å²) >= 11 is 4.20. The van der Waals surface area contributed by atoms with E-state index in [1.807, 2.05) is 18.2 Å². The van der Waals surface area contributed by atoms with Crippen LogP contribution in [0.15, 0.2) is 47.5 Å². The fraction of sp³-hybridized carbons (Fsp3) is 0. The van der Waals surface area contributed by atoms with Crippen LogP contribution in [0.2, 0.25) is 0 Å². The Kier molecular flexibility index (Phi) is 2.50. The molecule has 3 heteroatoms. The lowest BCUT2D eigenvalue weighted by atomic mass is 10.1. The zero-order valence-electron chi connectivity index (χ0n) is 7.31. The molecule has 70 valence electrons. The number of hydrogen-bond donors (Lipinski definition) is 1. The van der Waals surface area contributed by atoms with E-state index >= 15 is 0 Å². The predicted molar refractivity (Wildman–Crippen MR) is 56.9 cm³/mol. The van der Waals surface area contributed by atoms with Gasteiger partial charge in [0.2, 0.25) is 0 Å². The number of aromatic nitrogens is 1. The highest BCUT2D eigenvalue weighted by Gasteiger charge is 2.03. The largest absolute Gasteiger partial charge is 0.256 e. The minimum absolute atomic E-state index is 0.283. The van der Waals surface area contributed by atoms with E-state index in [-0.39, 0.29) is 5.82 Å². The van der Waals surface area contributed by atoms with Gasteiger partial charge in [-0.25, -0.2) is 4.39 Å². The van der Waals surface area contributed by atoms with Gasteiger partial charge < -0.3 is 0 Å². The SMILES string of the molecule is Fc1ccc(-c2ccccn2)c(S)c1. The van der Waals surface area contributed by atoms with Gasteiger partial charge in [0.05, 0.1) is 5.69 Å². The van der Waals surface area contributed by atoms with Gasteiger partial charge in [0.25, 0.3) is 0 Å². The molecule has 1 nitrogen and oxygen atoms in total. The Balaban J connectivity index is 2.53. The maximum absolute atomic E-state index is 12.8. The Morgan fingerprint density at radius 2 is 2.00 bits per heavy atom. The van der Waals surface area contributed by atoms with Crippen LogP contribution in [0.4, 0.5) is 4.39 Å². The van der Waals surface area contributed by atoms with Crippen molar-refractivity contribution in [1.82, 2.24) is 4.98 Å². The molecule has 0 aliphatic carbocycles. The van der Waals surface area contributed by atoms with Gasteiger partial charge in [-0.3, -0.25) is 4.98 Å². The molecule has 2 rings (SSSR count). The molecule has 2 aromatic rings. The molecule has 0 aliphatic heterocycles. The molecule has 0 N–H and O–H groups in total. The van der Waals surface area contributed by atoms with Crippen LogP contribution in [0.1, 0.15) is 0 Å². The zero-order valence-corrected chi connectivity index (χ0v) is 8.21. The first-order valence-corrected chi connectivity index (χ1v) is 4.62. The monoisotopic (exact) mass is 205 g/mol. The van der Waals surface area contributed by atoms with Crippen molar-refractivity contribution < 1.29 is 4.39 Å². The fourth-order valence-electron chi connectivity index (χ4n) is 1.24. The Morgan fingerprint density at radius 3 is 2.64 bits per heavy atom. The van der Waals surface area contributed by atoms with Crippen LogP contribution in [0.5, 0.6) is 0 Å². The summed E-state index contributed by atoms with van der Waals surface area (Å²) < 4.78 is 12.8. The van der Waals surface area contributed by atoms with Crippen LogP contribution in [0, 0.1) is 5.82 Å². The standard InChI is InChI=1S/C11H8FNS/c12-8-4-5-9(11(14)7-8)10-3-1-2-6-13-10/h1-7,14H. The van der Waals surface area contributed by atoms with Crippen molar-refractivity contribution in [2.24, 2.45) is 0 Å². The van der Waals surface area contributed by atoms with Crippen molar-refractivity contribution in [3.8, 4) is 11.3 Å². The first-order valence-electron chi connectivity index (χ1n) is 4.17. The van der Waals surface area contributed by atoms with Gasteiger partial charge in [0, 0.05) is 16.7 Å². The van der Waals surface area contributed by atoms with Gasteiger partial charge in [-0.15, -0.1) is 12.6 Å². The van der Waals surface area contributed by atoms with E-state index in [1.54, 1.807) is 12.3 Å². The molecular weight excluding hydrogens is 197 g/mol. The summed E-state index contributed by atoms with van der Waals surface area (Å²) in [5, 5.41) is 0. The third-order valence-corrected chi connectivity index (χ3v) is 2.27. The first kappa shape index (κ1) is 9.21. The van der Waals surface area contributed by atoms with Gasteiger partial charge in [0.15, 0.2) is 0 Å². The van der Waals surface area contributed by atoms with E-state index < -0.39 is 0 Å². The predicted octanol–water partition coefficient (Wildman–Crippen LogP) is 3.18. The summed E-state index contributed by atoms with van der Waals surface area (Å²) in [6, 6.07) is 10.1. The summed E-state index contributed by atoms with van der Waals surface area (Å²) in [6.07, 6.45) is 1.70. The number of benzene rings is 1. The molecule has 0 radical (unpaired) electrons. The average molecular weight is 205 g/mol. The molecule has 0 saturated carbocycles. The number of halogens is 1. The van der Waals surface area contributed by atoms with E-state index in [4.69, 9.17) is 0 Å². The molecule has 0 saturated heterocycles. The summed E-state index contributed by atoms with van der Waals surface area (Å²) in [4.78, 5) is 4.77. The van der Waals surface area contributed by atoms with Gasteiger partial charge >= 0.3 is 0 Å². The summed E-state index contributed by atoms with van der Waals surface area (Å²) in [5.74, 6) is -0.283. The number of nitrogens with zero attached hydrogens (tertiary/aromatic N) is 1. The second-order valence-corrected chi connectivity index (χ2v) is 3.36. The Hall–Kier alpha value is -1.35. The van der Waals surface area contributed by atoms with Crippen molar-refractivity contribution in [2.45, 2.75) is 4.90 Å². The number of thiol groups is 1. The third kappa shape index (κ3) is 1.77. The van der Waals surface area contributed by atoms with Crippen LogP contribution >= 0.6 is 12.6 Å². The van der Waals surface area contributed by atoms with Crippen LogP contribution in [0.25, 0.3) is 11.3 Å². The van der Waals surface area contributed by atoms with E-state index in [1.165, 1.54) is 12.1 Å². The number of hydrogen-bond acceptors (Lipinski definition) is 2. The van der Waals surface area contributed by atoms with E-state index in [9.17, 15) is 4.39 Å². The quantitative estimate of drug-likeness (QED) is 0.705. The van der Waals surface area contributed by atoms with Crippen molar-refractivity contribution in [3.63, 3.8) is 0 Å².